The quantitative estimate of drug-likeness (QED) is 0.871. The number of hydrogen-bond donors (Lipinski definition) is 2. The third-order valence-electron chi connectivity index (χ3n) is 4.27. The molecule has 2 aromatic carbocycles. The zero-order valence-electron chi connectivity index (χ0n) is 13.7. The maximum atomic E-state index is 12.6. The SMILES string of the molecule is C[C@H](C(=O)N[C@@H]1CCOc2ccccc21)S(=O)(=O)c1ccc(O)cc1. The fourth-order valence-corrected chi connectivity index (χ4v) is 4.04. The van der Waals surface area contributed by atoms with E-state index in [-0.39, 0.29) is 16.7 Å². The van der Waals surface area contributed by atoms with Crippen LogP contribution < -0.4 is 10.1 Å². The number of amides is 1. The second kappa shape index (κ2) is 6.76. The summed E-state index contributed by atoms with van der Waals surface area (Å²) in [6.07, 6.45) is 0.578. The van der Waals surface area contributed by atoms with Gasteiger partial charge in [-0.2, -0.15) is 0 Å². The summed E-state index contributed by atoms with van der Waals surface area (Å²) in [6, 6.07) is 12.2. The molecule has 2 aromatic rings. The topological polar surface area (TPSA) is 92.7 Å². The summed E-state index contributed by atoms with van der Waals surface area (Å²) in [7, 11) is -3.84. The lowest BCUT2D eigenvalue weighted by Gasteiger charge is -2.27. The Morgan fingerprint density at radius 2 is 1.88 bits per heavy atom. The maximum absolute atomic E-state index is 12.6. The van der Waals surface area contributed by atoms with Gasteiger partial charge in [-0.15, -0.1) is 0 Å². The first kappa shape index (κ1) is 17.3. The predicted molar refractivity (Wildman–Crippen MR) is 92.2 cm³/mol. The summed E-state index contributed by atoms with van der Waals surface area (Å²) in [4.78, 5) is 12.5. The van der Waals surface area contributed by atoms with E-state index >= 15 is 0 Å². The van der Waals surface area contributed by atoms with E-state index in [0.717, 1.165) is 5.56 Å². The number of hydrogen-bond acceptors (Lipinski definition) is 5. The van der Waals surface area contributed by atoms with Gasteiger partial charge in [0.15, 0.2) is 9.84 Å². The van der Waals surface area contributed by atoms with Gasteiger partial charge in [0.05, 0.1) is 17.5 Å². The molecule has 7 heteroatoms. The average molecular weight is 361 g/mol. The summed E-state index contributed by atoms with van der Waals surface area (Å²) < 4.78 is 30.8. The number of phenolic OH excluding ortho intramolecular Hbond substituents is 1. The largest absolute Gasteiger partial charge is 0.508 e. The minimum absolute atomic E-state index is 0.000303. The molecule has 0 aromatic heterocycles. The van der Waals surface area contributed by atoms with E-state index < -0.39 is 21.0 Å². The van der Waals surface area contributed by atoms with Crippen molar-refractivity contribution >= 4 is 15.7 Å². The second-order valence-corrected chi connectivity index (χ2v) is 8.19. The first-order chi connectivity index (χ1) is 11.9. The minimum atomic E-state index is -3.84. The van der Waals surface area contributed by atoms with Gasteiger partial charge >= 0.3 is 0 Å². The van der Waals surface area contributed by atoms with Crippen LogP contribution in [0.25, 0.3) is 0 Å². The van der Waals surface area contributed by atoms with E-state index in [0.29, 0.717) is 18.8 Å². The van der Waals surface area contributed by atoms with E-state index in [1.54, 1.807) is 0 Å². The molecule has 1 amide bonds. The molecule has 25 heavy (non-hydrogen) atoms. The number of phenols is 1. The van der Waals surface area contributed by atoms with E-state index in [1.807, 2.05) is 24.3 Å². The molecule has 1 aliphatic heterocycles. The molecule has 0 fully saturated rings. The fourth-order valence-electron chi connectivity index (χ4n) is 2.76. The number of carbonyl (C=O) groups is 1. The monoisotopic (exact) mass is 361 g/mol. The number of para-hydroxylation sites is 1. The zero-order chi connectivity index (χ0) is 18.0. The highest BCUT2D eigenvalue weighted by Gasteiger charge is 2.32. The van der Waals surface area contributed by atoms with Gasteiger partial charge in [0.1, 0.15) is 16.7 Å². The van der Waals surface area contributed by atoms with Crippen LogP contribution in [0.4, 0.5) is 0 Å². The van der Waals surface area contributed by atoms with Crippen LogP contribution in [0.2, 0.25) is 0 Å². The number of ether oxygens (including phenoxy) is 1. The number of aromatic hydroxyl groups is 1. The van der Waals surface area contributed by atoms with Crippen LogP contribution in [0.1, 0.15) is 24.9 Å². The van der Waals surface area contributed by atoms with Crippen molar-refractivity contribution in [2.45, 2.75) is 29.5 Å². The number of sulfone groups is 1. The van der Waals surface area contributed by atoms with Gasteiger partial charge in [0.2, 0.25) is 5.91 Å². The first-order valence-electron chi connectivity index (χ1n) is 7.94. The molecule has 1 aliphatic rings. The third kappa shape index (κ3) is 3.46. The summed E-state index contributed by atoms with van der Waals surface area (Å²) in [5.41, 5.74) is 0.844. The Morgan fingerprint density at radius 3 is 2.60 bits per heavy atom. The fraction of sp³-hybridized carbons (Fsp3) is 0.278. The van der Waals surface area contributed by atoms with Crippen LogP contribution in [0.5, 0.6) is 11.5 Å². The zero-order valence-corrected chi connectivity index (χ0v) is 14.5. The van der Waals surface area contributed by atoms with Crippen LogP contribution in [-0.4, -0.2) is 31.3 Å². The van der Waals surface area contributed by atoms with Crippen molar-refractivity contribution in [3.8, 4) is 11.5 Å². The van der Waals surface area contributed by atoms with Crippen molar-refractivity contribution in [3.05, 3.63) is 54.1 Å². The third-order valence-corrected chi connectivity index (χ3v) is 6.35. The van der Waals surface area contributed by atoms with Gasteiger partial charge in [-0.3, -0.25) is 4.79 Å². The number of fused-ring (bicyclic) bond motifs is 1. The van der Waals surface area contributed by atoms with Crippen molar-refractivity contribution in [2.75, 3.05) is 6.61 Å². The smallest absolute Gasteiger partial charge is 0.238 e. The molecule has 2 atom stereocenters. The molecule has 3 rings (SSSR count). The summed E-state index contributed by atoms with van der Waals surface area (Å²) >= 11 is 0. The maximum Gasteiger partial charge on any atom is 0.238 e. The molecule has 0 saturated heterocycles. The Bertz CT molecular complexity index is 877. The Morgan fingerprint density at radius 1 is 1.20 bits per heavy atom. The molecular weight excluding hydrogens is 342 g/mol. The predicted octanol–water partition coefficient (Wildman–Crippen LogP) is 2.19. The lowest BCUT2D eigenvalue weighted by atomic mass is 10.0. The summed E-state index contributed by atoms with van der Waals surface area (Å²) in [5, 5.41) is 10.9. The first-order valence-corrected chi connectivity index (χ1v) is 9.49. The Kier molecular flexibility index (Phi) is 4.67. The number of nitrogens with one attached hydrogen (secondary N) is 1. The number of rotatable bonds is 4. The Balaban J connectivity index is 1.78. The van der Waals surface area contributed by atoms with E-state index in [1.165, 1.54) is 31.2 Å². The molecule has 0 aliphatic carbocycles. The van der Waals surface area contributed by atoms with Gasteiger partial charge in [-0.1, -0.05) is 18.2 Å². The molecule has 6 nitrogen and oxygen atoms in total. The molecule has 0 unspecified atom stereocenters. The summed E-state index contributed by atoms with van der Waals surface area (Å²) in [6.45, 7) is 1.82. The van der Waals surface area contributed by atoms with E-state index in [2.05, 4.69) is 5.32 Å². The van der Waals surface area contributed by atoms with Gasteiger partial charge in [-0.25, -0.2) is 8.42 Å². The number of carbonyl (C=O) groups excluding carboxylic acids is 1. The van der Waals surface area contributed by atoms with Gasteiger partial charge in [0.25, 0.3) is 0 Å². The lowest BCUT2D eigenvalue weighted by Crippen LogP contribution is -2.41. The van der Waals surface area contributed by atoms with Crippen LogP contribution in [0, 0.1) is 0 Å². The van der Waals surface area contributed by atoms with Crippen molar-refractivity contribution < 1.29 is 23.1 Å². The lowest BCUT2D eigenvalue weighted by molar-refractivity contribution is -0.121. The molecule has 0 saturated carbocycles. The average Bonchev–Trinajstić information content (AvgIpc) is 2.61. The standard InChI is InChI=1S/C18H19NO5S/c1-12(25(22,23)14-8-6-13(20)7-9-14)18(21)19-16-10-11-24-17-5-3-2-4-15(16)17/h2-9,12,16,20H,10-11H2,1H3,(H,19,21)/t12-,16-/m1/s1. The molecule has 2 N–H and O–H groups in total. The van der Waals surface area contributed by atoms with Crippen molar-refractivity contribution in [1.82, 2.24) is 5.32 Å². The van der Waals surface area contributed by atoms with Crippen molar-refractivity contribution in [1.29, 1.82) is 0 Å². The normalized spacial score (nSPS) is 17.9. The highest BCUT2D eigenvalue weighted by molar-refractivity contribution is 7.92. The van der Waals surface area contributed by atoms with E-state index in [4.69, 9.17) is 4.74 Å². The van der Waals surface area contributed by atoms with Crippen LogP contribution >= 0.6 is 0 Å². The highest BCUT2D eigenvalue weighted by atomic mass is 32.2. The minimum Gasteiger partial charge on any atom is -0.508 e. The van der Waals surface area contributed by atoms with Gasteiger partial charge < -0.3 is 15.2 Å². The Labute approximate surface area is 146 Å². The molecule has 0 radical (unpaired) electrons. The van der Waals surface area contributed by atoms with Gasteiger partial charge in [-0.05, 0) is 37.3 Å². The molecular formula is C18H19NO5S. The molecule has 0 spiro atoms. The summed E-state index contributed by atoms with van der Waals surface area (Å²) in [5.74, 6) is 0.109. The van der Waals surface area contributed by atoms with Crippen molar-refractivity contribution in [2.24, 2.45) is 0 Å². The van der Waals surface area contributed by atoms with Crippen LogP contribution in [0.15, 0.2) is 53.4 Å². The molecule has 1 heterocycles. The van der Waals surface area contributed by atoms with Gasteiger partial charge in [0, 0.05) is 12.0 Å². The number of benzene rings is 2. The second-order valence-electron chi connectivity index (χ2n) is 5.92. The molecule has 132 valence electrons. The van der Waals surface area contributed by atoms with Crippen LogP contribution in [-0.2, 0) is 14.6 Å². The van der Waals surface area contributed by atoms with Crippen LogP contribution in [0.3, 0.4) is 0 Å². The van der Waals surface area contributed by atoms with Crippen molar-refractivity contribution in [3.63, 3.8) is 0 Å². The molecule has 0 bridgehead atoms. The Hall–Kier alpha value is -2.54. The van der Waals surface area contributed by atoms with E-state index in [9.17, 15) is 18.3 Å². The highest BCUT2D eigenvalue weighted by Crippen LogP contribution is 2.31.